The lowest BCUT2D eigenvalue weighted by atomic mass is 10.1. The molecule has 1 aliphatic heterocycles. The van der Waals surface area contributed by atoms with E-state index in [1.807, 2.05) is 71.6 Å². The molecule has 0 saturated carbocycles. The second-order valence-electron chi connectivity index (χ2n) is 7.42. The SMILES string of the molecule is COc1ccc(CN2CCCN(c3ccc(NC(=O)c4ccccc4)cc3)C2=O)cc1. The van der Waals surface area contributed by atoms with Gasteiger partial charge in [-0.25, -0.2) is 4.79 Å². The zero-order valence-electron chi connectivity index (χ0n) is 17.5. The van der Waals surface area contributed by atoms with Gasteiger partial charge in [0.15, 0.2) is 0 Å². The number of nitrogens with zero attached hydrogens (tertiary/aromatic N) is 2. The quantitative estimate of drug-likeness (QED) is 0.630. The van der Waals surface area contributed by atoms with Gasteiger partial charge in [0.05, 0.1) is 7.11 Å². The Bertz CT molecular complexity index is 1030. The molecule has 0 bridgehead atoms. The van der Waals surface area contributed by atoms with Gasteiger partial charge in [-0.3, -0.25) is 9.69 Å². The average Bonchev–Trinajstić information content (AvgIpc) is 2.82. The molecular formula is C25H25N3O3. The Labute approximate surface area is 182 Å². The standard InChI is InChI=1S/C25H25N3O3/c1-31-23-14-8-19(9-15-23)18-27-16-5-17-28(25(27)30)22-12-10-21(11-13-22)26-24(29)20-6-3-2-4-7-20/h2-4,6-15H,5,16-18H2,1H3,(H,26,29). The summed E-state index contributed by atoms with van der Waals surface area (Å²) in [6.07, 6.45) is 0.897. The molecule has 0 aliphatic carbocycles. The van der Waals surface area contributed by atoms with Crippen LogP contribution in [0.15, 0.2) is 78.9 Å². The lowest BCUT2D eigenvalue weighted by Gasteiger charge is -2.35. The number of anilines is 2. The van der Waals surface area contributed by atoms with Crippen LogP contribution in [0, 0.1) is 0 Å². The zero-order chi connectivity index (χ0) is 21.6. The third-order valence-electron chi connectivity index (χ3n) is 5.32. The van der Waals surface area contributed by atoms with Gasteiger partial charge >= 0.3 is 6.03 Å². The van der Waals surface area contributed by atoms with Crippen LogP contribution in [0.2, 0.25) is 0 Å². The molecule has 3 aromatic carbocycles. The molecule has 6 heteroatoms. The summed E-state index contributed by atoms with van der Waals surface area (Å²) in [6, 6.07) is 24.2. The molecule has 0 atom stereocenters. The maximum atomic E-state index is 13.1. The molecule has 3 aromatic rings. The summed E-state index contributed by atoms with van der Waals surface area (Å²) in [4.78, 5) is 29.0. The molecule has 0 aromatic heterocycles. The van der Waals surface area contributed by atoms with E-state index in [2.05, 4.69) is 5.32 Å². The molecule has 0 unspecified atom stereocenters. The average molecular weight is 415 g/mol. The molecule has 31 heavy (non-hydrogen) atoms. The van der Waals surface area contributed by atoms with Crippen molar-refractivity contribution in [2.24, 2.45) is 0 Å². The monoisotopic (exact) mass is 415 g/mol. The summed E-state index contributed by atoms with van der Waals surface area (Å²) < 4.78 is 5.20. The number of carbonyl (C=O) groups is 2. The minimum absolute atomic E-state index is 0.0110. The maximum absolute atomic E-state index is 13.1. The summed E-state index contributed by atoms with van der Waals surface area (Å²) in [5.41, 5.74) is 3.18. The first-order valence-corrected chi connectivity index (χ1v) is 10.3. The normalized spacial score (nSPS) is 13.8. The first-order valence-electron chi connectivity index (χ1n) is 10.3. The van der Waals surface area contributed by atoms with Crippen LogP contribution in [0.25, 0.3) is 0 Å². The maximum Gasteiger partial charge on any atom is 0.324 e. The summed E-state index contributed by atoms with van der Waals surface area (Å²) in [5.74, 6) is 0.642. The summed E-state index contributed by atoms with van der Waals surface area (Å²) >= 11 is 0. The molecule has 3 amide bonds. The first-order chi connectivity index (χ1) is 15.1. The summed E-state index contributed by atoms with van der Waals surface area (Å²) in [7, 11) is 1.64. The van der Waals surface area contributed by atoms with Crippen LogP contribution in [0.1, 0.15) is 22.3 Å². The van der Waals surface area contributed by atoms with Gasteiger partial charge in [0.2, 0.25) is 0 Å². The number of urea groups is 1. The summed E-state index contributed by atoms with van der Waals surface area (Å²) in [5, 5.41) is 2.89. The second kappa shape index (κ2) is 9.34. The third kappa shape index (κ3) is 4.86. The molecule has 0 radical (unpaired) electrons. The Hall–Kier alpha value is -3.80. The van der Waals surface area contributed by atoms with E-state index in [1.165, 1.54) is 0 Å². The molecule has 1 N–H and O–H groups in total. The van der Waals surface area contributed by atoms with Gasteiger partial charge in [-0.15, -0.1) is 0 Å². The Balaban J connectivity index is 1.41. The number of nitrogens with one attached hydrogen (secondary N) is 1. The van der Waals surface area contributed by atoms with E-state index >= 15 is 0 Å². The highest BCUT2D eigenvalue weighted by molar-refractivity contribution is 6.04. The molecular weight excluding hydrogens is 390 g/mol. The number of benzene rings is 3. The van der Waals surface area contributed by atoms with Crippen LogP contribution < -0.4 is 15.0 Å². The van der Waals surface area contributed by atoms with Crippen LogP contribution in [0.5, 0.6) is 5.75 Å². The van der Waals surface area contributed by atoms with Crippen LogP contribution >= 0.6 is 0 Å². The van der Waals surface area contributed by atoms with Crippen LogP contribution in [0.4, 0.5) is 16.2 Å². The van der Waals surface area contributed by atoms with Crippen molar-refractivity contribution in [3.63, 3.8) is 0 Å². The minimum Gasteiger partial charge on any atom is -0.497 e. The Kier molecular flexibility index (Phi) is 6.17. The van der Waals surface area contributed by atoms with Crippen LogP contribution in [0.3, 0.4) is 0 Å². The Morgan fingerprint density at radius 3 is 2.32 bits per heavy atom. The van der Waals surface area contributed by atoms with Crippen molar-refractivity contribution in [2.45, 2.75) is 13.0 Å². The lowest BCUT2D eigenvalue weighted by molar-refractivity contribution is 0.102. The van der Waals surface area contributed by atoms with E-state index < -0.39 is 0 Å². The van der Waals surface area contributed by atoms with Gasteiger partial charge in [-0.05, 0) is 60.5 Å². The number of amides is 3. The Morgan fingerprint density at radius 1 is 0.935 bits per heavy atom. The second-order valence-corrected chi connectivity index (χ2v) is 7.42. The number of carbonyl (C=O) groups excluding carboxylic acids is 2. The van der Waals surface area contributed by atoms with Gasteiger partial charge in [0.1, 0.15) is 5.75 Å². The molecule has 1 heterocycles. The predicted molar refractivity (Wildman–Crippen MR) is 122 cm³/mol. The largest absolute Gasteiger partial charge is 0.497 e. The van der Waals surface area contributed by atoms with E-state index in [0.717, 1.165) is 30.0 Å². The summed E-state index contributed by atoms with van der Waals surface area (Å²) in [6.45, 7) is 1.96. The molecule has 0 spiro atoms. The number of ether oxygens (including phenoxy) is 1. The van der Waals surface area contributed by atoms with Crippen molar-refractivity contribution >= 4 is 23.3 Å². The van der Waals surface area contributed by atoms with E-state index in [4.69, 9.17) is 4.74 Å². The number of methoxy groups -OCH3 is 1. The van der Waals surface area contributed by atoms with E-state index in [9.17, 15) is 9.59 Å². The van der Waals surface area contributed by atoms with Crippen molar-refractivity contribution in [3.05, 3.63) is 90.0 Å². The van der Waals surface area contributed by atoms with Gasteiger partial charge in [-0.2, -0.15) is 0 Å². The molecule has 158 valence electrons. The number of hydrogen-bond donors (Lipinski definition) is 1. The highest BCUT2D eigenvalue weighted by Gasteiger charge is 2.26. The highest BCUT2D eigenvalue weighted by atomic mass is 16.5. The van der Waals surface area contributed by atoms with Crippen LogP contribution in [-0.2, 0) is 6.54 Å². The van der Waals surface area contributed by atoms with Gasteiger partial charge in [0, 0.05) is 36.6 Å². The molecule has 6 nitrogen and oxygen atoms in total. The number of rotatable bonds is 6. The van der Waals surface area contributed by atoms with Crippen molar-refractivity contribution in [2.75, 3.05) is 30.4 Å². The lowest BCUT2D eigenvalue weighted by Crippen LogP contribution is -2.49. The fourth-order valence-electron chi connectivity index (χ4n) is 3.64. The van der Waals surface area contributed by atoms with Gasteiger partial charge < -0.3 is 15.0 Å². The fourth-order valence-corrected chi connectivity index (χ4v) is 3.64. The van der Waals surface area contributed by atoms with E-state index in [1.54, 1.807) is 24.1 Å². The zero-order valence-corrected chi connectivity index (χ0v) is 17.5. The fraction of sp³-hybridized carbons (Fsp3) is 0.200. The Morgan fingerprint density at radius 2 is 1.65 bits per heavy atom. The smallest absolute Gasteiger partial charge is 0.324 e. The first kappa shape index (κ1) is 20.5. The number of hydrogen-bond acceptors (Lipinski definition) is 3. The molecule has 1 fully saturated rings. The topological polar surface area (TPSA) is 61.9 Å². The van der Waals surface area contributed by atoms with Crippen molar-refractivity contribution in [1.29, 1.82) is 0 Å². The third-order valence-corrected chi connectivity index (χ3v) is 5.32. The van der Waals surface area contributed by atoms with Gasteiger partial charge in [0.25, 0.3) is 5.91 Å². The minimum atomic E-state index is -0.159. The van der Waals surface area contributed by atoms with Crippen molar-refractivity contribution < 1.29 is 14.3 Å². The van der Waals surface area contributed by atoms with Crippen LogP contribution in [-0.4, -0.2) is 37.0 Å². The van der Waals surface area contributed by atoms with Crippen molar-refractivity contribution in [3.8, 4) is 5.75 Å². The molecule has 1 saturated heterocycles. The molecule has 4 rings (SSSR count). The van der Waals surface area contributed by atoms with Gasteiger partial charge in [-0.1, -0.05) is 30.3 Å². The van der Waals surface area contributed by atoms with Crippen molar-refractivity contribution in [1.82, 2.24) is 4.90 Å². The predicted octanol–water partition coefficient (Wildman–Crippen LogP) is 4.78. The van der Waals surface area contributed by atoms with E-state index in [0.29, 0.717) is 24.3 Å². The highest BCUT2D eigenvalue weighted by Crippen LogP contribution is 2.24. The molecule has 1 aliphatic rings. The van der Waals surface area contributed by atoms with E-state index in [-0.39, 0.29) is 11.9 Å².